The average Bonchev–Trinajstić information content (AvgIpc) is 2.33. The predicted octanol–water partition coefficient (Wildman–Crippen LogP) is 1.19. The summed E-state index contributed by atoms with van der Waals surface area (Å²) < 4.78 is 1.71. The molecule has 0 N–H and O–H groups in total. The molecule has 0 amide bonds. The van der Waals surface area contributed by atoms with Crippen molar-refractivity contribution in [2.45, 2.75) is 13.3 Å². The van der Waals surface area contributed by atoms with E-state index in [4.69, 9.17) is 0 Å². The smallest absolute Gasteiger partial charge is 0.186 e. The van der Waals surface area contributed by atoms with Crippen molar-refractivity contribution in [3.63, 3.8) is 0 Å². The van der Waals surface area contributed by atoms with Crippen LogP contribution in [0.2, 0.25) is 0 Å². The second-order valence-electron chi connectivity index (χ2n) is 2.81. The molecule has 0 aliphatic heterocycles. The second kappa shape index (κ2) is 3.34. The lowest BCUT2D eigenvalue weighted by atomic mass is 10.2. The lowest BCUT2D eigenvalue weighted by Gasteiger charge is -1.99. The van der Waals surface area contributed by atoms with E-state index in [0.29, 0.717) is 5.69 Å². The lowest BCUT2D eigenvalue weighted by molar-refractivity contribution is -0.116. The monoisotopic (exact) mass is 165 g/mol. The third kappa shape index (κ3) is 1.81. The van der Waals surface area contributed by atoms with E-state index in [1.165, 1.54) is 6.92 Å². The van der Waals surface area contributed by atoms with Gasteiger partial charge < -0.3 is 4.57 Å². The highest BCUT2D eigenvalue weighted by atomic mass is 16.1. The van der Waals surface area contributed by atoms with Gasteiger partial charge in [-0.2, -0.15) is 0 Å². The highest BCUT2D eigenvalue weighted by Crippen LogP contribution is 2.03. The average molecular weight is 165 g/mol. The van der Waals surface area contributed by atoms with Gasteiger partial charge in [0.05, 0.1) is 12.1 Å². The van der Waals surface area contributed by atoms with Gasteiger partial charge in [-0.25, -0.2) is 0 Å². The molecule has 0 bridgehead atoms. The van der Waals surface area contributed by atoms with E-state index >= 15 is 0 Å². The fourth-order valence-electron chi connectivity index (χ4n) is 1.07. The summed E-state index contributed by atoms with van der Waals surface area (Å²) in [6.07, 6.45) is 1.78. The Hall–Kier alpha value is -1.38. The summed E-state index contributed by atoms with van der Waals surface area (Å²) in [6.45, 7) is 1.42. The van der Waals surface area contributed by atoms with Crippen LogP contribution >= 0.6 is 0 Å². The molecule has 1 heterocycles. The first-order valence-electron chi connectivity index (χ1n) is 3.75. The summed E-state index contributed by atoms with van der Waals surface area (Å²) in [7, 11) is 1.79. The van der Waals surface area contributed by atoms with Crippen LogP contribution in [0.1, 0.15) is 23.8 Å². The first-order chi connectivity index (χ1) is 5.61. The molecule has 0 atom stereocenters. The van der Waals surface area contributed by atoms with Gasteiger partial charge in [0.1, 0.15) is 5.78 Å². The van der Waals surface area contributed by atoms with Crippen LogP contribution in [0.3, 0.4) is 0 Å². The Morgan fingerprint density at radius 2 is 2.17 bits per heavy atom. The van der Waals surface area contributed by atoms with Gasteiger partial charge in [-0.1, -0.05) is 0 Å². The van der Waals surface area contributed by atoms with Crippen LogP contribution in [0.15, 0.2) is 18.3 Å². The van der Waals surface area contributed by atoms with Gasteiger partial charge in [0, 0.05) is 13.2 Å². The summed E-state index contributed by atoms with van der Waals surface area (Å²) in [6, 6.07) is 3.50. The number of hydrogen-bond acceptors (Lipinski definition) is 2. The van der Waals surface area contributed by atoms with Gasteiger partial charge in [-0.3, -0.25) is 9.59 Å². The molecule has 12 heavy (non-hydrogen) atoms. The number of ketones is 2. The number of hydrogen-bond donors (Lipinski definition) is 0. The minimum Gasteiger partial charge on any atom is -0.348 e. The third-order valence-electron chi connectivity index (χ3n) is 1.64. The largest absolute Gasteiger partial charge is 0.348 e. The molecule has 0 saturated heterocycles. The van der Waals surface area contributed by atoms with Gasteiger partial charge in [-0.15, -0.1) is 0 Å². The topological polar surface area (TPSA) is 39.1 Å². The highest BCUT2D eigenvalue weighted by Gasteiger charge is 2.10. The van der Waals surface area contributed by atoms with E-state index in [2.05, 4.69) is 0 Å². The number of carbonyl (C=O) groups excluding carboxylic acids is 2. The van der Waals surface area contributed by atoms with Crippen molar-refractivity contribution in [2.24, 2.45) is 7.05 Å². The van der Waals surface area contributed by atoms with Crippen molar-refractivity contribution >= 4 is 11.6 Å². The van der Waals surface area contributed by atoms with Crippen molar-refractivity contribution in [3.05, 3.63) is 24.0 Å². The number of rotatable bonds is 3. The SMILES string of the molecule is CC(=O)CC(=O)c1cccn1C. The highest BCUT2D eigenvalue weighted by molar-refractivity contribution is 6.06. The maximum atomic E-state index is 11.3. The van der Waals surface area contributed by atoms with Crippen LogP contribution in [-0.2, 0) is 11.8 Å². The van der Waals surface area contributed by atoms with Crippen LogP contribution in [0.4, 0.5) is 0 Å². The number of aryl methyl sites for hydroxylation is 1. The summed E-state index contributed by atoms with van der Waals surface area (Å²) in [5, 5.41) is 0. The Kier molecular flexibility index (Phi) is 2.43. The molecule has 1 aromatic rings. The molecule has 64 valence electrons. The van der Waals surface area contributed by atoms with Crippen molar-refractivity contribution in [1.29, 1.82) is 0 Å². The molecule has 0 spiro atoms. The predicted molar refractivity (Wildman–Crippen MR) is 45.0 cm³/mol. The van der Waals surface area contributed by atoms with Crippen LogP contribution in [0.25, 0.3) is 0 Å². The maximum Gasteiger partial charge on any atom is 0.186 e. The molecule has 0 unspecified atom stereocenters. The lowest BCUT2D eigenvalue weighted by Crippen LogP contribution is -2.08. The van der Waals surface area contributed by atoms with E-state index in [9.17, 15) is 9.59 Å². The Balaban J connectivity index is 2.78. The van der Waals surface area contributed by atoms with E-state index < -0.39 is 0 Å². The van der Waals surface area contributed by atoms with Gasteiger partial charge in [-0.05, 0) is 19.1 Å². The summed E-state index contributed by atoms with van der Waals surface area (Å²) in [5.74, 6) is -0.212. The molecule has 1 aromatic heterocycles. The molecule has 3 heteroatoms. The minimum absolute atomic E-state index is 0.00213. The zero-order valence-electron chi connectivity index (χ0n) is 7.20. The number of carbonyl (C=O) groups is 2. The first kappa shape index (κ1) is 8.71. The summed E-state index contributed by atoms with van der Waals surface area (Å²) in [5.41, 5.74) is 0.588. The van der Waals surface area contributed by atoms with E-state index in [1.807, 2.05) is 0 Å². The molecule has 0 aromatic carbocycles. The minimum atomic E-state index is -0.116. The van der Waals surface area contributed by atoms with Crippen LogP contribution in [0.5, 0.6) is 0 Å². The second-order valence-corrected chi connectivity index (χ2v) is 2.81. The van der Waals surface area contributed by atoms with Crippen LogP contribution < -0.4 is 0 Å². The quantitative estimate of drug-likeness (QED) is 0.498. The molecule has 0 radical (unpaired) electrons. The summed E-state index contributed by atoms with van der Waals surface area (Å²) in [4.78, 5) is 21.9. The van der Waals surface area contributed by atoms with E-state index in [-0.39, 0.29) is 18.0 Å². The number of nitrogens with zero attached hydrogens (tertiary/aromatic N) is 1. The Labute approximate surface area is 71.0 Å². The summed E-state index contributed by atoms with van der Waals surface area (Å²) >= 11 is 0. The molecular weight excluding hydrogens is 154 g/mol. The van der Waals surface area contributed by atoms with Crippen molar-refractivity contribution in [1.82, 2.24) is 4.57 Å². The zero-order valence-corrected chi connectivity index (χ0v) is 7.20. The van der Waals surface area contributed by atoms with Crippen molar-refractivity contribution in [3.8, 4) is 0 Å². The molecule has 0 aliphatic rings. The van der Waals surface area contributed by atoms with Gasteiger partial charge in [0.2, 0.25) is 0 Å². The first-order valence-corrected chi connectivity index (χ1v) is 3.75. The van der Waals surface area contributed by atoms with Gasteiger partial charge in [0.25, 0.3) is 0 Å². The van der Waals surface area contributed by atoms with E-state index in [0.717, 1.165) is 0 Å². The third-order valence-corrected chi connectivity index (χ3v) is 1.64. The maximum absolute atomic E-state index is 11.3. The van der Waals surface area contributed by atoms with Crippen LogP contribution in [-0.4, -0.2) is 16.1 Å². The van der Waals surface area contributed by atoms with Crippen molar-refractivity contribution < 1.29 is 9.59 Å². The van der Waals surface area contributed by atoms with Gasteiger partial charge in [0.15, 0.2) is 5.78 Å². The molecule has 0 aliphatic carbocycles. The zero-order chi connectivity index (χ0) is 9.14. The standard InChI is InChI=1S/C9H11NO2/c1-7(11)6-9(12)8-4-3-5-10(8)2/h3-5H,6H2,1-2H3. The number of Topliss-reactive ketones (excluding diaryl/α,β-unsaturated/α-hetero) is 2. The fraction of sp³-hybridized carbons (Fsp3) is 0.333. The molecular formula is C9H11NO2. The molecule has 0 saturated carbocycles. The number of aromatic nitrogens is 1. The fourth-order valence-corrected chi connectivity index (χ4v) is 1.07. The Morgan fingerprint density at radius 3 is 2.58 bits per heavy atom. The Bertz CT molecular complexity index is 312. The van der Waals surface area contributed by atoms with E-state index in [1.54, 1.807) is 29.9 Å². The normalized spacial score (nSPS) is 9.83. The molecule has 1 rings (SSSR count). The molecule has 0 fully saturated rings. The van der Waals surface area contributed by atoms with Crippen LogP contribution in [0, 0.1) is 0 Å². The van der Waals surface area contributed by atoms with Gasteiger partial charge >= 0.3 is 0 Å². The Morgan fingerprint density at radius 1 is 1.50 bits per heavy atom. The molecule has 3 nitrogen and oxygen atoms in total. The van der Waals surface area contributed by atoms with Crippen molar-refractivity contribution in [2.75, 3.05) is 0 Å².